The molecule has 0 bridgehead atoms. The Bertz CT molecular complexity index is 346. The Morgan fingerprint density at radius 3 is 2.67 bits per heavy atom. The zero-order valence-electron chi connectivity index (χ0n) is 11.3. The van der Waals surface area contributed by atoms with Gasteiger partial charge in [-0.1, -0.05) is 25.1 Å². The maximum absolute atomic E-state index is 13.8. The molecule has 3 nitrogen and oxygen atoms in total. The third kappa shape index (κ3) is 4.72. The molecule has 2 unspecified atom stereocenters. The van der Waals surface area contributed by atoms with Crippen molar-refractivity contribution in [1.82, 2.24) is 5.32 Å². The van der Waals surface area contributed by atoms with Gasteiger partial charge in [-0.2, -0.15) is 0 Å². The van der Waals surface area contributed by atoms with Crippen molar-refractivity contribution in [3.63, 3.8) is 0 Å². The highest BCUT2D eigenvalue weighted by atomic mass is 19.1. The highest BCUT2D eigenvalue weighted by molar-refractivity contribution is 5.20. The lowest BCUT2D eigenvalue weighted by Gasteiger charge is -2.23. The molecule has 2 atom stereocenters. The van der Waals surface area contributed by atoms with Gasteiger partial charge in [0.2, 0.25) is 0 Å². The smallest absolute Gasteiger partial charge is 0.129 e. The molecule has 0 aromatic heterocycles. The minimum Gasteiger partial charge on any atom is -0.382 e. The average molecular weight is 255 g/mol. The van der Waals surface area contributed by atoms with Gasteiger partial charge in [-0.05, 0) is 19.5 Å². The number of ether oxygens (including phenoxy) is 2. The van der Waals surface area contributed by atoms with Crippen LogP contribution >= 0.6 is 0 Å². The number of likely N-dealkylation sites (N-methyl/N-ethyl adjacent to an activating group) is 1. The van der Waals surface area contributed by atoms with Gasteiger partial charge in [-0.25, -0.2) is 4.39 Å². The van der Waals surface area contributed by atoms with Crippen LogP contribution in [0.25, 0.3) is 0 Å². The summed E-state index contributed by atoms with van der Waals surface area (Å²) < 4.78 is 24.6. The summed E-state index contributed by atoms with van der Waals surface area (Å²) in [5.74, 6) is -0.231. The Morgan fingerprint density at radius 1 is 1.33 bits per heavy atom. The molecule has 0 saturated heterocycles. The fraction of sp³-hybridized carbons (Fsp3) is 0.571. The highest BCUT2D eigenvalue weighted by Gasteiger charge is 2.18. The van der Waals surface area contributed by atoms with Crippen LogP contribution in [0.1, 0.15) is 25.5 Å². The summed E-state index contributed by atoms with van der Waals surface area (Å²) in [5.41, 5.74) is 0.585. The zero-order chi connectivity index (χ0) is 13.4. The SMILES string of the molecule is CCNCC(OC(C)COC)c1ccccc1F. The monoisotopic (exact) mass is 255 g/mol. The normalized spacial score (nSPS) is 14.4. The van der Waals surface area contributed by atoms with Gasteiger partial charge >= 0.3 is 0 Å². The second-order valence-corrected chi connectivity index (χ2v) is 4.22. The third-order valence-corrected chi connectivity index (χ3v) is 2.63. The topological polar surface area (TPSA) is 30.5 Å². The first-order chi connectivity index (χ1) is 8.69. The fourth-order valence-corrected chi connectivity index (χ4v) is 1.80. The summed E-state index contributed by atoms with van der Waals surface area (Å²) >= 11 is 0. The molecular weight excluding hydrogens is 233 g/mol. The molecule has 18 heavy (non-hydrogen) atoms. The number of methoxy groups -OCH3 is 1. The molecule has 0 aliphatic carbocycles. The van der Waals surface area contributed by atoms with E-state index in [9.17, 15) is 4.39 Å². The second-order valence-electron chi connectivity index (χ2n) is 4.22. The summed E-state index contributed by atoms with van der Waals surface area (Å²) in [6.07, 6.45) is -0.366. The molecule has 102 valence electrons. The molecule has 0 amide bonds. The molecule has 0 heterocycles. The molecule has 0 aliphatic heterocycles. The minimum absolute atomic E-state index is 0.0711. The Morgan fingerprint density at radius 2 is 2.06 bits per heavy atom. The number of nitrogens with one attached hydrogen (secondary N) is 1. The van der Waals surface area contributed by atoms with Gasteiger partial charge in [0.05, 0.1) is 18.8 Å². The van der Waals surface area contributed by atoms with Gasteiger partial charge in [-0.15, -0.1) is 0 Å². The van der Waals surface area contributed by atoms with E-state index < -0.39 is 0 Å². The molecule has 4 heteroatoms. The number of benzene rings is 1. The van der Waals surface area contributed by atoms with Crippen LogP contribution < -0.4 is 5.32 Å². The lowest BCUT2D eigenvalue weighted by molar-refractivity contribution is -0.0404. The maximum Gasteiger partial charge on any atom is 0.129 e. The van der Waals surface area contributed by atoms with Crippen molar-refractivity contribution in [2.45, 2.75) is 26.1 Å². The van der Waals surface area contributed by atoms with E-state index in [1.54, 1.807) is 19.2 Å². The van der Waals surface area contributed by atoms with Crippen LogP contribution in [0.15, 0.2) is 24.3 Å². The molecule has 1 rings (SSSR count). The number of hydrogen-bond donors (Lipinski definition) is 1. The number of hydrogen-bond acceptors (Lipinski definition) is 3. The summed E-state index contributed by atoms with van der Waals surface area (Å²) in [6.45, 7) is 5.84. The third-order valence-electron chi connectivity index (χ3n) is 2.63. The van der Waals surface area contributed by atoms with Crippen molar-refractivity contribution in [2.75, 3.05) is 26.8 Å². The van der Waals surface area contributed by atoms with Crippen LogP contribution in [-0.4, -0.2) is 32.9 Å². The van der Waals surface area contributed by atoms with Crippen LogP contribution in [0.5, 0.6) is 0 Å². The summed E-state index contributed by atoms with van der Waals surface area (Å²) in [5, 5.41) is 3.19. The predicted octanol–water partition coefficient (Wildman–Crippen LogP) is 2.53. The fourth-order valence-electron chi connectivity index (χ4n) is 1.80. The molecule has 0 aliphatic rings. The average Bonchev–Trinajstić information content (AvgIpc) is 2.35. The van der Waals surface area contributed by atoms with Crippen molar-refractivity contribution in [3.05, 3.63) is 35.6 Å². The van der Waals surface area contributed by atoms with E-state index >= 15 is 0 Å². The Balaban J connectivity index is 2.74. The van der Waals surface area contributed by atoms with Crippen LogP contribution in [-0.2, 0) is 9.47 Å². The van der Waals surface area contributed by atoms with Gasteiger partial charge in [0, 0.05) is 19.2 Å². The standard InChI is InChI=1S/C14H22FNO2/c1-4-16-9-14(18-11(2)10-17-3)12-7-5-6-8-13(12)15/h5-8,11,14,16H,4,9-10H2,1-3H3. The Labute approximate surface area is 108 Å². The van der Waals surface area contributed by atoms with Gasteiger partial charge in [0.25, 0.3) is 0 Å². The largest absolute Gasteiger partial charge is 0.382 e. The summed E-state index contributed by atoms with van der Waals surface area (Å²) in [6, 6.07) is 6.72. The van der Waals surface area contributed by atoms with Crippen molar-refractivity contribution < 1.29 is 13.9 Å². The molecule has 0 saturated carbocycles. The first-order valence-corrected chi connectivity index (χ1v) is 6.28. The van der Waals surface area contributed by atoms with Crippen molar-refractivity contribution >= 4 is 0 Å². The molecular formula is C14H22FNO2. The Hall–Kier alpha value is -0.970. The van der Waals surface area contributed by atoms with E-state index in [1.165, 1.54) is 6.07 Å². The highest BCUT2D eigenvalue weighted by Crippen LogP contribution is 2.21. The van der Waals surface area contributed by atoms with Crippen LogP contribution in [0.4, 0.5) is 4.39 Å². The van der Waals surface area contributed by atoms with E-state index in [-0.39, 0.29) is 18.0 Å². The maximum atomic E-state index is 13.8. The van der Waals surface area contributed by atoms with Crippen molar-refractivity contribution in [2.24, 2.45) is 0 Å². The lowest BCUT2D eigenvalue weighted by Crippen LogP contribution is -2.28. The summed E-state index contributed by atoms with van der Waals surface area (Å²) in [4.78, 5) is 0. The quantitative estimate of drug-likeness (QED) is 0.774. The first kappa shape index (κ1) is 15.1. The van der Waals surface area contributed by atoms with E-state index in [0.29, 0.717) is 18.7 Å². The molecule has 0 fully saturated rings. The van der Waals surface area contributed by atoms with Gasteiger partial charge in [0.15, 0.2) is 0 Å². The van der Waals surface area contributed by atoms with Crippen molar-refractivity contribution in [3.8, 4) is 0 Å². The van der Waals surface area contributed by atoms with E-state index in [1.807, 2.05) is 19.9 Å². The zero-order valence-corrected chi connectivity index (χ0v) is 11.3. The van der Waals surface area contributed by atoms with E-state index in [4.69, 9.17) is 9.47 Å². The van der Waals surface area contributed by atoms with E-state index in [0.717, 1.165) is 6.54 Å². The molecule has 1 aromatic carbocycles. The Kier molecular flexibility index (Phi) is 6.86. The van der Waals surface area contributed by atoms with Crippen LogP contribution in [0, 0.1) is 5.82 Å². The first-order valence-electron chi connectivity index (χ1n) is 6.28. The molecule has 0 spiro atoms. The molecule has 0 radical (unpaired) electrons. The second kappa shape index (κ2) is 8.19. The predicted molar refractivity (Wildman–Crippen MR) is 70.1 cm³/mol. The number of rotatable bonds is 8. The number of halogens is 1. The van der Waals surface area contributed by atoms with E-state index in [2.05, 4.69) is 5.32 Å². The van der Waals surface area contributed by atoms with Crippen LogP contribution in [0.2, 0.25) is 0 Å². The minimum atomic E-state index is -0.295. The lowest BCUT2D eigenvalue weighted by atomic mass is 10.1. The van der Waals surface area contributed by atoms with Gasteiger partial charge < -0.3 is 14.8 Å². The van der Waals surface area contributed by atoms with Gasteiger partial charge in [0.1, 0.15) is 5.82 Å². The molecule has 1 aromatic rings. The van der Waals surface area contributed by atoms with Crippen molar-refractivity contribution in [1.29, 1.82) is 0 Å². The van der Waals surface area contributed by atoms with Gasteiger partial charge in [-0.3, -0.25) is 0 Å². The summed E-state index contributed by atoms with van der Waals surface area (Å²) in [7, 11) is 1.63. The molecule has 1 N–H and O–H groups in total. The van der Waals surface area contributed by atoms with Crippen LogP contribution in [0.3, 0.4) is 0 Å².